The van der Waals surface area contributed by atoms with Crippen LogP contribution >= 0.6 is 0 Å². The number of fused-ring (bicyclic) bond motifs is 1. The third-order valence-electron chi connectivity index (χ3n) is 2.97. The molecule has 2 atom stereocenters. The Morgan fingerprint density at radius 3 is 2.59 bits per heavy atom. The molecule has 0 bridgehead atoms. The summed E-state index contributed by atoms with van der Waals surface area (Å²) in [7, 11) is 0. The van der Waals surface area contributed by atoms with E-state index >= 15 is 0 Å². The van der Waals surface area contributed by atoms with Gasteiger partial charge in [-0.15, -0.1) is 0 Å². The van der Waals surface area contributed by atoms with Gasteiger partial charge in [0.15, 0.2) is 5.58 Å². The first-order chi connectivity index (χ1) is 8.22. The molecule has 90 valence electrons. The summed E-state index contributed by atoms with van der Waals surface area (Å²) < 4.78 is 11.5. The van der Waals surface area contributed by atoms with Crippen LogP contribution in [0.4, 0.5) is 6.01 Å². The lowest BCUT2D eigenvalue weighted by Crippen LogP contribution is -2.45. The van der Waals surface area contributed by atoms with Crippen molar-refractivity contribution in [3.8, 4) is 0 Å². The van der Waals surface area contributed by atoms with Gasteiger partial charge < -0.3 is 14.1 Å². The van der Waals surface area contributed by atoms with E-state index in [0.717, 1.165) is 24.2 Å². The summed E-state index contributed by atoms with van der Waals surface area (Å²) in [4.78, 5) is 6.66. The van der Waals surface area contributed by atoms with Crippen molar-refractivity contribution >= 4 is 17.1 Å². The molecular weight excluding hydrogens is 216 g/mol. The number of aromatic nitrogens is 1. The molecule has 2 heterocycles. The largest absolute Gasteiger partial charge is 0.423 e. The van der Waals surface area contributed by atoms with Gasteiger partial charge in [-0.05, 0) is 26.0 Å². The van der Waals surface area contributed by atoms with Gasteiger partial charge in [0.1, 0.15) is 5.52 Å². The lowest BCUT2D eigenvalue weighted by molar-refractivity contribution is -0.00662. The summed E-state index contributed by atoms with van der Waals surface area (Å²) in [5.41, 5.74) is 1.75. The van der Waals surface area contributed by atoms with Crippen LogP contribution in [0.3, 0.4) is 0 Å². The minimum absolute atomic E-state index is 0.216. The van der Waals surface area contributed by atoms with Crippen molar-refractivity contribution in [2.45, 2.75) is 26.1 Å². The molecule has 0 saturated carbocycles. The second kappa shape index (κ2) is 4.04. The van der Waals surface area contributed by atoms with E-state index < -0.39 is 0 Å². The van der Waals surface area contributed by atoms with Gasteiger partial charge in [-0.3, -0.25) is 0 Å². The van der Waals surface area contributed by atoms with E-state index in [0.29, 0.717) is 6.01 Å². The molecule has 0 aliphatic carbocycles. The molecule has 1 fully saturated rings. The van der Waals surface area contributed by atoms with Crippen molar-refractivity contribution in [2.75, 3.05) is 18.0 Å². The van der Waals surface area contributed by atoms with Gasteiger partial charge in [0.05, 0.1) is 12.2 Å². The zero-order valence-electron chi connectivity index (χ0n) is 10.1. The summed E-state index contributed by atoms with van der Waals surface area (Å²) in [5.74, 6) is 0. The van der Waals surface area contributed by atoms with Gasteiger partial charge in [-0.2, -0.15) is 4.98 Å². The molecule has 1 aliphatic rings. The lowest BCUT2D eigenvalue weighted by atomic mass is 10.2. The topological polar surface area (TPSA) is 38.5 Å². The number of hydrogen-bond acceptors (Lipinski definition) is 4. The van der Waals surface area contributed by atoms with Gasteiger partial charge in [-0.1, -0.05) is 12.1 Å². The maximum Gasteiger partial charge on any atom is 0.298 e. The molecule has 1 saturated heterocycles. The van der Waals surface area contributed by atoms with Gasteiger partial charge in [0, 0.05) is 13.1 Å². The monoisotopic (exact) mass is 232 g/mol. The SMILES string of the molecule is CC1CN(c2nc3ccccc3o2)CC(C)O1. The molecule has 1 aliphatic heterocycles. The molecule has 3 rings (SSSR count). The first kappa shape index (κ1) is 10.6. The fourth-order valence-corrected chi connectivity index (χ4v) is 2.33. The summed E-state index contributed by atoms with van der Waals surface area (Å²) in [5, 5.41) is 0. The first-order valence-electron chi connectivity index (χ1n) is 5.98. The van der Waals surface area contributed by atoms with Crippen LogP contribution in [0.25, 0.3) is 11.1 Å². The molecule has 17 heavy (non-hydrogen) atoms. The predicted octanol–water partition coefficient (Wildman–Crippen LogP) is 2.44. The Balaban J connectivity index is 1.92. The average molecular weight is 232 g/mol. The highest BCUT2D eigenvalue weighted by atomic mass is 16.5. The quantitative estimate of drug-likeness (QED) is 0.757. The molecule has 0 amide bonds. The molecule has 0 spiro atoms. The normalized spacial score (nSPS) is 25.4. The van der Waals surface area contributed by atoms with E-state index in [1.165, 1.54) is 0 Å². The Hall–Kier alpha value is -1.55. The molecular formula is C13H16N2O2. The van der Waals surface area contributed by atoms with Crippen molar-refractivity contribution in [3.63, 3.8) is 0 Å². The van der Waals surface area contributed by atoms with Crippen LogP contribution in [-0.4, -0.2) is 30.3 Å². The summed E-state index contributed by atoms with van der Waals surface area (Å²) in [6, 6.07) is 8.55. The molecule has 2 unspecified atom stereocenters. The maximum atomic E-state index is 5.76. The molecule has 0 N–H and O–H groups in total. The third-order valence-corrected chi connectivity index (χ3v) is 2.97. The molecule has 2 aromatic rings. The van der Waals surface area contributed by atoms with Crippen LogP contribution in [0.5, 0.6) is 0 Å². The number of anilines is 1. The van der Waals surface area contributed by atoms with E-state index in [4.69, 9.17) is 9.15 Å². The maximum absolute atomic E-state index is 5.76. The summed E-state index contributed by atoms with van der Waals surface area (Å²) in [6.45, 7) is 5.81. The van der Waals surface area contributed by atoms with Crippen LogP contribution in [0.2, 0.25) is 0 Å². The molecule has 4 heteroatoms. The standard InChI is InChI=1S/C13H16N2O2/c1-9-7-15(8-10(2)16-9)13-14-11-5-3-4-6-12(11)17-13/h3-6,9-10H,7-8H2,1-2H3. The minimum atomic E-state index is 0.216. The van der Waals surface area contributed by atoms with Crippen molar-refractivity contribution in [3.05, 3.63) is 24.3 Å². The Morgan fingerprint density at radius 2 is 1.88 bits per heavy atom. The number of nitrogens with zero attached hydrogens (tertiary/aromatic N) is 2. The number of ether oxygens (including phenoxy) is 1. The number of oxazole rings is 1. The Morgan fingerprint density at radius 1 is 1.18 bits per heavy atom. The van der Waals surface area contributed by atoms with E-state index in [1.807, 2.05) is 24.3 Å². The summed E-state index contributed by atoms with van der Waals surface area (Å²) >= 11 is 0. The fourth-order valence-electron chi connectivity index (χ4n) is 2.33. The van der Waals surface area contributed by atoms with Crippen LogP contribution in [-0.2, 0) is 4.74 Å². The Labute approximate surface area is 100 Å². The number of morpholine rings is 1. The number of para-hydroxylation sites is 2. The lowest BCUT2D eigenvalue weighted by Gasteiger charge is -2.34. The number of hydrogen-bond donors (Lipinski definition) is 0. The molecule has 1 aromatic heterocycles. The van der Waals surface area contributed by atoms with Gasteiger partial charge >= 0.3 is 0 Å². The van der Waals surface area contributed by atoms with E-state index in [-0.39, 0.29) is 12.2 Å². The van der Waals surface area contributed by atoms with E-state index in [2.05, 4.69) is 23.7 Å². The Kier molecular flexibility index (Phi) is 2.52. The molecule has 1 aromatic carbocycles. The van der Waals surface area contributed by atoms with Gasteiger partial charge in [-0.25, -0.2) is 0 Å². The highest BCUT2D eigenvalue weighted by Crippen LogP contribution is 2.24. The average Bonchev–Trinajstić information content (AvgIpc) is 2.71. The van der Waals surface area contributed by atoms with Crippen LogP contribution in [0.1, 0.15) is 13.8 Å². The molecule has 0 radical (unpaired) electrons. The molecule has 4 nitrogen and oxygen atoms in total. The van der Waals surface area contributed by atoms with Crippen LogP contribution in [0.15, 0.2) is 28.7 Å². The highest BCUT2D eigenvalue weighted by Gasteiger charge is 2.25. The van der Waals surface area contributed by atoms with Crippen molar-refractivity contribution < 1.29 is 9.15 Å². The van der Waals surface area contributed by atoms with Crippen molar-refractivity contribution in [1.29, 1.82) is 0 Å². The zero-order chi connectivity index (χ0) is 11.8. The first-order valence-corrected chi connectivity index (χ1v) is 5.98. The Bertz CT molecular complexity index is 480. The van der Waals surface area contributed by atoms with Gasteiger partial charge in [0.2, 0.25) is 0 Å². The van der Waals surface area contributed by atoms with E-state index in [1.54, 1.807) is 0 Å². The zero-order valence-corrected chi connectivity index (χ0v) is 10.1. The second-order valence-corrected chi connectivity index (χ2v) is 4.63. The van der Waals surface area contributed by atoms with Crippen molar-refractivity contribution in [2.24, 2.45) is 0 Å². The number of rotatable bonds is 1. The number of benzene rings is 1. The predicted molar refractivity (Wildman–Crippen MR) is 66.2 cm³/mol. The van der Waals surface area contributed by atoms with Crippen molar-refractivity contribution in [1.82, 2.24) is 4.98 Å². The van der Waals surface area contributed by atoms with Crippen LogP contribution < -0.4 is 4.90 Å². The van der Waals surface area contributed by atoms with E-state index in [9.17, 15) is 0 Å². The smallest absolute Gasteiger partial charge is 0.298 e. The minimum Gasteiger partial charge on any atom is -0.423 e. The third kappa shape index (κ3) is 2.00. The highest BCUT2D eigenvalue weighted by molar-refractivity contribution is 5.74. The van der Waals surface area contributed by atoms with Crippen LogP contribution in [0, 0.1) is 0 Å². The summed E-state index contributed by atoms with van der Waals surface area (Å²) in [6.07, 6.45) is 0.433. The fraction of sp³-hybridized carbons (Fsp3) is 0.462. The second-order valence-electron chi connectivity index (χ2n) is 4.63. The van der Waals surface area contributed by atoms with Gasteiger partial charge in [0.25, 0.3) is 6.01 Å².